The highest BCUT2D eigenvalue weighted by Crippen LogP contribution is 2.36. The van der Waals surface area contributed by atoms with E-state index in [0.29, 0.717) is 30.0 Å². The highest BCUT2D eigenvalue weighted by molar-refractivity contribution is 5.92. The minimum atomic E-state index is -0.187. The topological polar surface area (TPSA) is 75.4 Å². The summed E-state index contributed by atoms with van der Waals surface area (Å²) in [6, 6.07) is 2.02. The van der Waals surface area contributed by atoms with Crippen molar-refractivity contribution in [1.29, 1.82) is 0 Å². The number of carbonyl (C=O) groups is 2. The van der Waals surface area contributed by atoms with E-state index in [-0.39, 0.29) is 17.7 Å². The molecule has 1 heterocycles. The Labute approximate surface area is 129 Å². The maximum absolute atomic E-state index is 12.3. The van der Waals surface area contributed by atoms with E-state index in [1.54, 1.807) is 6.07 Å². The van der Waals surface area contributed by atoms with Crippen molar-refractivity contribution in [3.63, 3.8) is 0 Å². The van der Waals surface area contributed by atoms with E-state index in [2.05, 4.69) is 10.5 Å². The van der Waals surface area contributed by atoms with Crippen molar-refractivity contribution in [2.45, 2.75) is 51.1 Å². The van der Waals surface area contributed by atoms with Crippen LogP contribution >= 0.6 is 0 Å². The maximum Gasteiger partial charge on any atom is 0.273 e. The number of carbonyl (C=O) groups excluding carboxylic acids is 2. The Morgan fingerprint density at radius 3 is 2.64 bits per heavy atom. The molecule has 0 spiro atoms. The van der Waals surface area contributed by atoms with Gasteiger partial charge < -0.3 is 14.7 Å². The lowest BCUT2D eigenvalue weighted by Crippen LogP contribution is -2.33. The van der Waals surface area contributed by atoms with E-state index in [1.807, 2.05) is 4.90 Å². The van der Waals surface area contributed by atoms with Crippen LogP contribution in [0.2, 0.25) is 0 Å². The summed E-state index contributed by atoms with van der Waals surface area (Å²) in [7, 11) is 0. The van der Waals surface area contributed by atoms with E-state index in [4.69, 9.17) is 4.52 Å². The molecule has 0 unspecified atom stereocenters. The standard InChI is InChI=1S/C16H21N3O3/c20-15(17-8-10-1-2-10)14-7-13(22-18-14)9-19(12-5-6-12)16(21)11-3-4-11/h7,10-12H,1-6,8-9H2,(H,17,20). The van der Waals surface area contributed by atoms with Crippen LogP contribution in [0.25, 0.3) is 0 Å². The second-order valence-corrected chi connectivity index (χ2v) is 6.80. The molecule has 3 aliphatic carbocycles. The van der Waals surface area contributed by atoms with Crippen molar-refractivity contribution in [1.82, 2.24) is 15.4 Å². The summed E-state index contributed by atoms with van der Waals surface area (Å²) in [6.45, 7) is 1.15. The van der Waals surface area contributed by atoms with Crippen LogP contribution in [0.1, 0.15) is 54.8 Å². The molecule has 6 heteroatoms. The van der Waals surface area contributed by atoms with Crippen LogP contribution in [0, 0.1) is 11.8 Å². The van der Waals surface area contributed by atoms with Gasteiger partial charge in [0, 0.05) is 24.6 Å². The summed E-state index contributed by atoms with van der Waals surface area (Å²) in [4.78, 5) is 26.2. The molecule has 0 bridgehead atoms. The third-order valence-corrected chi connectivity index (χ3v) is 4.56. The van der Waals surface area contributed by atoms with E-state index >= 15 is 0 Å². The number of hydrogen-bond donors (Lipinski definition) is 1. The molecule has 1 aromatic heterocycles. The van der Waals surface area contributed by atoms with Crippen LogP contribution in [0.3, 0.4) is 0 Å². The predicted octanol–water partition coefficient (Wildman–Crippen LogP) is 1.72. The minimum Gasteiger partial charge on any atom is -0.359 e. The fourth-order valence-electron chi connectivity index (χ4n) is 2.65. The van der Waals surface area contributed by atoms with Gasteiger partial charge >= 0.3 is 0 Å². The Bertz CT molecular complexity index is 585. The Balaban J connectivity index is 1.37. The van der Waals surface area contributed by atoms with Gasteiger partial charge in [-0.25, -0.2) is 0 Å². The number of rotatable bonds is 7. The van der Waals surface area contributed by atoms with Gasteiger partial charge in [0.15, 0.2) is 11.5 Å². The normalized spacial score (nSPS) is 20.7. The first-order valence-corrected chi connectivity index (χ1v) is 8.25. The molecule has 0 radical (unpaired) electrons. The molecule has 0 aliphatic heterocycles. The third-order valence-electron chi connectivity index (χ3n) is 4.56. The molecule has 2 amide bonds. The van der Waals surface area contributed by atoms with Gasteiger partial charge in [-0.2, -0.15) is 0 Å². The van der Waals surface area contributed by atoms with Crippen LogP contribution in [-0.4, -0.2) is 34.5 Å². The smallest absolute Gasteiger partial charge is 0.273 e. The minimum absolute atomic E-state index is 0.187. The Kier molecular flexibility index (Phi) is 3.39. The van der Waals surface area contributed by atoms with Gasteiger partial charge in [0.2, 0.25) is 5.91 Å². The molecule has 3 fully saturated rings. The molecule has 0 atom stereocenters. The summed E-state index contributed by atoms with van der Waals surface area (Å²) in [5.41, 5.74) is 0.310. The second-order valence-electron chi connectivity index (χ2n) is 6.80. The Hall–Kier alpha value is -1.85. The molecule has 22 heavy (non-hydrogen) atoms. The van der Waals surface area contributed by atoms with Gasteiger partial charge in [0.25, 0.3) is 5.91 Å². The Morgan fingerprint density at radius 1 is 1.23 bits per heavy atom. The van der Waals surface area contributed by atoms with Gasteiger partial charge in [0.05, 0.1) is 6.54 Å². The quantitative estimate of drug-likeness (QED) is 0.832. The molecular weight excluding hydrogens is 282 g/mol. The lowest BCUT2D eigenvalue weighted by molar-refractivity contribution is -0.134. The summed E-state index contributed by atoms with van der Waals surface area (Å²) < 4.78 is 5.26. The van der Waals surface area contributed by atoms with Crippen LogP contribution in [0.15, 0.2) is 10.6 Å². The number of amides is 2. The molecule has 118 valence electrons. The number of aromatic nitrogens is 1. The second kappa shape index (κ2) is 5.41. The van der Waals surface area contributed by atoms with Crippen molar-refractivity contribution in [2.24, 2.45) is 11.8 Å². The molecule has 3 aliphatic rings. The van der Waals surface area contributed by atoms with E-state index in [0.717, 1.165) is 32.2 Å². The first-order chi connectivity index (χ1) is 10.7. The van der Waals surface area contributed by atoms with Gasteiger partial charge in [0.1, 0.15) is 0 Å². The molecule has 1 aromatic rings. The van der Waals surface area contributed by atoms with Gasteiger partial charge in [-0.3, -0.25) is 9.59 Å². The van der Waals surface area contributed by atoms with Gasteiger partial charge in [-0.15, -0.1) is 0 Å². The zero-order chi connectivity index (χ0) is 15.1. The van der Waals surface area contributed by atoms with Gasteiger partial charge in [-0.05, 0) is 44.4 Å². The van der Waals surface area contributed by atoms with E-state index in [9.17, 15) is 9.59 Å². The molecule has 1 N–H and O–H groups in total. The average molecular weight is 303 g/mol. The summed E-state index contributed by atoms with van der Waals surface area (Å²) in [5.74, 6) is 1.49. The Morgan fingerprint density at radius 2 is 2.00 bits per heavy atom. The van der Waals surface area contributed by atoms with Crippen molar-refractivity contribution >= 4 is 11.8 Å². The van der Waals surface area contributed by atoms with Crippen LogP contribution in [-0.2, 0) is 11.3 Å². The van der Waals surface area contributed by atoms with Crippen molar-refractivity contribution in [3.8, 4) is 0 Å². The molecule has 6 nitrogen and oxygen atoms in total. The summed E-state index contributed by atoms with van der Waals surface area (Å²) in [6.07, 6.45) is 6.55. The number of nitrogens with one attached hydrogen (secondary N) is 1. The largest absolute Gasteiger partial charge is 0.359 e. The zero-order valence-electron chi connectivity index (χ0n) is 12.6. The molecule has 0 saturated heterocycles. The fraction of sp³-hybridized carbons (Fsp3) is 0.688. The average Bonchev–Trinajstić information content (AvgIpc) is 3.34. The highest BCUT2D eigenvalue weighted by atomic mass is 16.5. The SMILES string of the molecule is O=C(NCC1CC1)c1cc(CN(C(=O)C2CC2)C2CC2)on1. The van der Waals surface area contributed by atoms with Crippen molar-refractivity contribution in [3.05, 3.63) is 17.5 Å². The lowest BCUT2D eigenvalue weighted by Gasteiger charge is -2.20. The molecule has 3 saturated carbocycles. The monoisotopic (exact) mass is 303 g/mol. The van der Waals surface area contributed by atoms with Crippen LogP contribution in [0.4, 0.5) is 0 Å². The van der Waals surface area contributed by atoms with Crippen molar-refractivity contribution < 1.29 is 14.1 Å². The van der Waals surface area contributed by atoms with Gasteiger partial charge in [-0.1, -0.05) is 5.16 Å². The summed E-state index contributed by atoms with van der Waals surface area (Å²) >= 11 is 0. The first kappa shape index (κ1) is 13.8. The van der Waals surface area contributed by atoms with Crippen LogP contribution in [0.5, 0.6) is 0 Å². The van der Waals surface area contributed by atoms with Crippen molar-refractivity contribution in [2.75, 3.05) is 6.54 Å². The molecule has 4 rings (SSSR count). The zero-order valence-corrected chi connectivity index (χ0v) is 12.6. The van der Waals surface area contributed by atoms with Crippen LogP contribution < -0.4 is 5.32 Å². The first-order valence-electron chi connectivity index (χ1n) is 8.25. The fourth-order valence-corrected chi connectivity index (χ4v) is 2.65. The highest BCUT2D eigenvalue weighted by Gasteiger charge is 2.40. The third kappa shape index (κ3) is 3.15. The molecule has 0 aromatic carbocycles. The number of nitrogens with zero attached hydrogens (tertiary/aromatic N) is 2. The maximum atomic E-state index is 12.3. The van der Waals surface area contributed by atoms with E-state index in [1.165, 1.54) is 12.8 Å². The number of hydrogen-bond acceptors (Lipinski definition) is 4. The summed E-state index contributed by atoms with van der Waals surface area (Å²) in [5, 5.41) is 6.71. The molecular formula is C16H21N3O3. The van der Waals surface area contributed by atoms with E-state index < -0.39 is 0 Å². The lowest BCUT2D eigenvalue weighted by atomic mass is 10.3. The predicted molar refractivity (Wildman–Crippen MR) is 77.9 cm³/mol.